The van der Waals surface area contributed by atoms with E-state index >= 15 is 0 Å². The summed E-state index contributed by atoms with van der Waals surface area (Å²) in [6.45, 7) is 4.99. The predicted octanol–water partition coefficient (Wildman–Crippen LogP) is 3.72. The van der Waals surface area contributed by atoms with Gasteiger partial charge in [0.25, 0.3) is 0 Å². The maximum absolute atomic E-state index is 12.2. The molecule has 0 fully saturated rings. The molecule has 0 bridgehead atoms. The van der Waals surface area contributed by atoms with E-state index < -0.39 is 17.4 Å². The van der Waals surface area contributed by atoms with E-state index in [9.17, 15) is 14.7 Å². The Balaban J connectivity index is 2.98. The third kappa shape index (κ3) is 4.22. The highest BCUT2D eigenvalue weighted by Gasteiger charge is 2.35. The topological polar surface area (TPSA) is 57.6 Å². The van der Waals surface area contributed by atoms with Gasteiger partial charge in [0, 0.05) is 22.7 Å². The molecule has 0 aliphatic heterocycles. The smallest absolute Gasteiger partial charge is 0.329 e. The van der Waals surface area contributed by atoms with E-state index in [0.717, 1.165) is 0 Å². The fourth-order valence-corrected chi connectivity index (χ4v) is 2.30. The van der Waals surface area contributed by atoms with E-state index in [0.29, 0.717) is 15.6 Å². The Morgan fingerprint density at radius 1 is 1.33 bits per heavy atom. The van der Waals surface area contributed by atoms with Crippen LogP contribution in [0.25, 0.3) is 6.08 Å². The molecular weight excluding hydrogens is 313 g/mol. The van der Waals surface area contributed by atoms with Gasteiger partial charge in [0.1, 0.15) is 5.54 Å². The molecule has 0 spiro atoms. The van der Waals surface area contributed by atoms with Crippen molar-refractivity contribution in [3.8, 4) is 0 Å². The van der Waals surface area contributed by atoms with Gasteiger partial charge in [0.15, 0.2) is 0 Å². The second-order valence-corrected chi connectivity index (χ2v) is 5.79. The van der Waals surface area contributed by atoms with Crippen LogP contribution in [0.2, 0.25) is 10.0 Å². The number of nitrogens with zero attached hydrogens (tertiary/aromatic N) is 1. The van der Waals surface area contributed by atoms with Crippen LogP contribution >= 0.6 is 23.2 Å². The van der Waals surface area contributed by atoms with Gasteiger partial charge in [0.2, 0.25) is 5.91 Å². The average molecular weight is 330 g/mol. The second kappa shape index (κ2) is 6.96. The maximum Gasteiger partial charge on any atom is 0.329 e. The number of carbonyl (C=O) groups excluding carboxylic acids is 1. The van der Waals surface area contributed by atoms with E-state index in [1.807, 2.05) is 0 Å². The molecule has 4 nitrogen and oxygen atoms in total. The van der Waals surface area contributed by atoms with E-state index in [2.05, 4.69) is 0 Å². The number of carbonyl (C=O) groups is 2. The molecule has 6 heteroatoms. The van der Waals surface area contributed by atoms with E-state index in [1.165, 1.54) is 24.8 Å². The van der Waals surface area contributed by atoms with Gasteiger partial charge in [-0.3, -0.25) is 4.79 Å². The molecule has 0 unspecified atom stereocenters. The van der Waals surface area contributed by atoms with Gasteiger partial charge in [-0.15, -0.1) is 0 Å². The molecule has 0 aromatic heterocycles. The summed E-state index contributed by atoms with van der Waals surface area (Å²) < 4.78 is 0. The molecule has 0 saturated carbocycles. The molecule has 0 heterocycles. The molecule has 0 aliphatic rings. The van der Waals surface area contributed by atoms with Gasteiger partial charge in [-0.2, -0.15) is 0 Å². The molecule has 0 radical (unpaired) electrons. The van der Waals surface area contributed by atoms with E-state index in [4.69, 9.17) is 23.2 Å². The van der Waals surface area contributed by atoms with Crippen molar-refractivity contribution in [1.29, 1.82) is 0 Å². The van der Waals surface area contributed by atoms with Crippen LogP contribution in [0.1, 0.15) is 26.3 Å². The quantitative estimate of drug-likeness (QED) is 0.837. The fourth-order valence-electron chi connectivity index (χ4n) is 1.83. The summed E-state index contributed by atoms with van der Waals surface area (Å²) in [5, 5.41) is 10.1. The van der Waals surface area contributed by atoms with Gasteiger partial charge < -0.3 is 10.0 Å². The van der Waals surface area contributed by atoms with Crippen LogP contribution in [0.15, 0.2) is 24.3 Å². The number of carboxylic acid groups (broad SMARTS) is 1. The van der Waals surface area contributed by atoms with Crippen molar-refractivity contribution >= 4 is 41.2 Å². The monoisotopic (exact) mass is 329 g/mol. The minimum atomic E-state index is -1.28. The first-order valence-corrected chi connectivity index (χ1v) is 7.14. The number of halogens is 2. The highest BCUT2D eigenvalue weighted by atomic mass is 35.5. The zero-order valence-corrected chi connectivity index (χ0v) is 13.6. The number of hydrogen-bond donors (Lipinski definition) is 1. The molecular formula is C15H17Cl2NO3. The van der Waals surface area contributed by atoms with Crippen LogP contribution in [0, 0.1) is 0 Å². The van der Waals surface area contributed by atoms with Crippen LogP contribution < -0.4 is 0 Å². The van der Waals surface area contributed by atoms with Gasteiger partial charge in [-0.25, -0.2) is 4.79 Å². The number of rotatable bonds is 5. The summed E-state index contributed by atoms with van der Waals surface area (Å²) in [6.07, 6.45) is 2.85. The Labute approximate surface area is 134 Å². The largest absolute Gasteiger partial charge is 0.480 e. The van der Waals surface area contributed by atoms with Crippen molar-refractivity contribution in [2.45, 2.75) is 26.3 Å². The van der Waals surface area contributed by atoms with Gasteiger partial charge in [0.05, 0.1) is 0 Å². The predicted molar refractivity (Wildman–Crippen MR) is 84.6 cm³/mol. The van der Waals surface area contributed by atoms with Crippen LogP contribution in [-0.2, 0) is 9.59 Å². The highest BCUT2D eigenvalue weighted by Crippen LogP contribution is 2.22. The third-order valence-electron chi connectivity index (χ3n) is 3.15. The molecule has 1 aromatic carbocycles. The first-order chi connectivity index (χ1) is 9.70. The molecule has 1 N–H and O–H groups in total. The zero-order valence-electron chi connectivity index (χ0n) is 12.1. The summed E-state index contributed by atoms with van der Waals surface area (Å²) in [5.74, 6) is -1.45. The summed E-state index contributed by atoms with van der Waals surface area (Å²) in [4.78, 5) is 24.7. The number of aliphatic carboxylic acids is 1. The second-order valence-electron chi connectivity index (χ2n) is 4.95. The highest BCUT2D eigenvalue weighted by molar-refractivity contribution is 6.35. The first kappa shape index (κ1) is 17.5. The Bertz CT molecular complexity index is 582. The molecule has 1 amide bonds. The molecule has 0 saturated heterocycles. The molecule has 0 atom stereocenters. The summed E-state index contributed by atoms with van der Waals surface area (Å²) in [6, 6.07) is 4.93. The normalized spacial score (nSPS) is 11.7. The van der Waals surface area contributed by atoms with Gasteiger partial charge in [-0.1, -0.05) is 29.3 Å². The van der Waals surface area contributed by atoms with E-state index in [1.54, 1.807) is 31.2 Å². The standard InChI is InChI=1S/C15H17Cl2NO3/c1-4-18(15(2,3)14(20)21)13(19)8-6-10-5-7-11(16)9-12(10)17/h5-9H,4H2,1-3H3,(H,20,21). The molecule has 21 heavy (non-hydrogen) atoms. The van der Waals surface area contributed by atoms with Crippen LogP contribution in [0.5, 0.6) is 0 Å². The Hall–Kier alpha value is -1.52. The minimum Gasteiger partial charge on any atom is -0.480 e. The Morgan fingerprint density at radius 2 is 1.95 bits per heavy atom. The Kier molecular flexibility index (Phi) is 5.81. The molecule has 1 rings (SSSR count). The average Bonchev–Trinajstić information content (AvgIpc) is 2.38. The number of likely N-dealkylation sites (N-methyl/N-ethyl adjacent to an activating group) is 1. The lowest BCUT2D eigenvalue weighted by Crippen LogP contribution is -2.52. The summed E-state index contributed by atoms with van der Waals surface area (Å²) in [5.41, 5.74) is -0.640. The van der Waals surface area contributed by atoms with E-state index in [-0.39, 0.29) is 6.54 Å². The molecule has 114 valence electrons. The lowest BCUT2D eigenvalue weighted by Gasteiger charge is -2.33. The maximum atomic E-state index is 12.2. The van der Waals surface area contributed by atoms with Crippen LogP contribution in [0.4, 0.5) is 0 Å². The first-order valence-electron chi connectivity index (χ1n) is 6.38. The number of amides is 1. The van der Waals surface area contributed by atoms with Crippen LogP contribution in [-0.4, -0.2) is 34.0 Å². The molecule has 1 aromatic rings. The summed E-state index contributed by atoms with van der Waals surface area (Å²) >= 11 is 11.8. The lowest BCUT2D eigenvalue weighted by molar-refractivity contribution is -0.154. The molecule has 0 aliphatic carbocycles. The van der Waals surface area contributed by atoms with Crippen LogP contribution in [0.3, 0.4) is 0 Å². The number of hydrogen-bond acceptors (Lipinski definition) is 2. The minimum absolute atomic E-state index is 0.289. The van der Waals surface area contributed by atoms with Crippen molar-refractivity contribution in [3.63, 3.8) is 0 Å². The third-order valence-corrected chi connectivity index (χ3v) is 3.71. The van der Waals surface area contributed by atoms with Crippen molar-refractivity contribution in [2.24, 2.45) is 0 Å². The fraction of sp³-hybridized carbons (Fsp3) is 0.333. The summed E-state index contributed by atoms with van der Waals surface area (Å²) in [7, 11) is 0. The number of benzene rings is 1. The van der Waals surface area contributed by atoms with Crippen molar-refractivity contribution < 1.29 is 14.7 Å². The zero-order chi connectivity index (χ0) is 16.2. The number of carboxylic acids is 1. The van der Waals surface area contributed by atoms with Crippen molar-refractivity contribution in [2.75, 3.05) is 6.54 Å². The van der Waals surface area contributed by atoms with Gasteiger partial charge >= 0.3 is 5.97 Å². The SMILES string of the molecule is CCN(C(=O)C=Cc1ccc(Cl)cc1Cl)C(C)(C)C(=O)O. The van der Waals surface area contributed by atoms with Crippen molar-refractivity contribution in [3.05, 3.63) is 39.9 Å². The van der Waals surface area contributed by atoms with Gasteiger partial charge in [-0.05, 0) is 44.5 Å². The Morgan fingerprint density at radius 3 is 2.43 bits per heavy atom. The van der Waals surface area contributed by atoms with Crippen molar-refractivity contribution in [1.82, 2.24) is 4.90 Å². The lowest BCUT2D eigenvalue weighted by atomic mass is 10.0.